The van der Waals surface area contributed by atoms with E-state index in [1.807, 2.05) is 13.8 Å². The van der Waals surface area contributed by atoms with E-state index in [1.54, 1.807) is 0 Å². The van der Waals surface area contributed by atoms with E-state index in [0.717, 1.165) is 51.4 Å². The number of Topliss-reactive ketones (excluding diaryl/α,β-unsaturated/α-hetero) is 2. The van der Waals surface area contributed by atoms with Crippen LogP contribution in [0.25, 0.3) is 0 Å². The van der Waals surface area contributed by atoms with Crippen LogP contribution in [0.2, 0.25) is 0 Å². The van der Waals surface area contributed by atoms with Crippen molar-refractivity contribution >= 4 is 11.6 Å². The Kier molecular flexibility index (Phi) is 9.90. The normalized spacial score (nSPS) is 11.2. The minimum absolute atomic E-state index is 0.179. The topological polar surface area (TPSA) is 34.1 Å². The third-order valence-corrected chi connectivity index (χ3v) is 3.16. The Morgan fingerprint density at radius 3 is 1.78 bits per heavy atom. The van der Waals surface area contributed by atoms with Crippen molar-refractivity contribution in [3.63, 3.8) is 0 Å². The highest BCUT2D eigenvalue weighted by Crippen LogP contribution is 2.11. The number of unbranched alkanes of at least 4 members (excludes halogenated alkanes) is 4. The molecule has 0 N–H and O–H groups in total. The summed E-state index contributed by atoms with van der Waals surface area (Å²) in [4.78, 5) is 22.8. The van der Waals surface area contributed by atoms with Crippen LogP contribution in [0.3, 0.4) is 0 Å². The second-order valence-corrected chi connectivity index (χ2v) is 6.03. The van der Waals surface area contributed by atoms with Crippen molar-refractivity contribution in [2.45, 2.75) is 79.1 Å². The molecule has 0 aliphatic heterocycles. The quantitative estimate of drug-likeness (QED) is 0.507. The molecule has 18 heavy (non-hydrogen) atoms. The zero-order valence-electron chi connectivity index (χ0n) is 12.6. The summed E-state index contributed by atoms with van der Waals surface area (Å²) >= 11 is 0. The molecular formula is C16H30O2. The first-order chi connectivity index (χ1) is 8.43. The van der Waals surface area contributed by atoms with E-state index in [2.05, 4.69) is 13.8 Å². The van der Waals surface area contributed by atoms with Crippen LogP contribution in [0.4, 0.5) is 0 Å². The molecule has 0 aromatic rings. The Hall–Kier alpha value is -0.660. The average molecular weight is 254 g/mol. The molecule has 2 heteroatoms. The maximum Gasteiger partial charge on any atom is 0.135 e. The van der Waals surface area contributed by atoms with Crippen LogP contribution in [0.5, 0.6) is 0 Å². The summed E-state index contributed by atoms with van der Waals surface area (Å²) < 4.78 is 0. The third kappa shape index (κ3) is 10.5. The summed E-state index contributed by atoms with van der Waals surface area (Å²) in [5.74, 6) is 1.44. The van der Waals surface area contributed by atoms with E-state index in [4.69, 9.17) is 0 Å². The minimum Gasteiger partial charge on any atom is -0.300 e. The maximum atomic E-state index is 11.5. The monoisotopic (exact) mass is 254 g/mol. The highest BCUT2D eigenvalue weighted by atomic mass is 16.1. The summed E-state index contributed by atoms with van der Waals surface area (Å²) in [6, 6.07) is 0. The lowest BCUT2D eigenvalue weighted by Crippen LogP contribution is -2.06. The molecule has 0 saturated carbocycles. The Bertz CT molecular complexity index is 241. The van der Waals surface area contributed by atoms with Gasteiger partial charge in [0.25, 0.3) is 0 Å². The van der Waals surface area contributed by atoms with Crippen LogP contribution in [-0.4, -0.2) is 11.6 Å². The van der Waals surface area contributed by atoms with Gasteiger partial charge in [0.2, 0.25) is 0 Å². The summed E-state index contributed by atoms with van der Waals surface area (Å²) in [5, 5.41) is 0. The fourth-order valence-corrected chi connectivity index (χ4v) is 2.00. The van der Waals surface area contributed by atoms with E-state index in [0.29, 0.717) is 17.5 Å². The lowest BCUT2D eigenvalue weighted by atomic mass is 10.00. The maximum absolute atomic E-state index is 11.5. The van der Waals surface area contributed by atoms with Crippen molar-refractivity contribution in [3.05, 3.63) is 0 Å². The zero-order chi connectivity index (χ0) is 14.0. The fraction of sp³-hybridized carbons (Fsp3) is 0.875. The first kappa shape index (κ1) is 17.3. The van der Waals surface area contributed by atoms with Gasteiger partial charge in [0.05, 0.1) is 0 Å². The molecule has 0 unspecified atom stereocenters. The molecule has 0 saturated heterocycles. The molecular weight excluding hydrogens is 224 g/mol. The SMILES string of the molecule is CC(C)CC(=O)CCCCCCCC(=O)C(C)C. The molecule has 0 aliphatic rings. The lowest BCUT2D eigenvalue weighted by Gasteiger charge is -2.05. The van der Waals surface area contributed by atoms with Crippen molar-refractivity contribution in [1.29, 1.82) is 0 Å². The molecule has 0 amide bonds. The van der Waals surface area contributed by atoms with Gasteiger partial charge < -0.3 is 0 Å². The predicted octanol–water partition coefficient (Wildman–Crippen LogP) is 4.56. The molecule has 0 aliphatic carbocycles. The molecule has 0 atom stereocenters. The van der Waals surface area contributed by atoms with Gasteiger partial charge in [-0.3, -0.25) is 9.59 Å². The second kappa shape index (κ2) is 10.3. The van der Waals surface area contributed by atoms with Crippen LogP contribution >= 0.6 is 0 Å². The fourth-order valence-electron chi connectivity index (χ4n) is 2.00. The van der Waals surface area contributed by atoms with Crippen LogP contribution in [0, 0.1) is 11.8 Å². The van der Waals surface area contributed by atoms with E-state index in [9.17, 15) is 9.59 Å². The minimum atomic E-state index is 0.179. The summed E-state index contributed by atoms with van der Waals surface area (Å²) in [6.07, 6.45) is 7.62. The number of ketones is 2. The van der Waals surface area contributed by atoms with Gasteiger partial charge in [0.1, 0.15) is 11.6 Å². The first-order valence-electron chi connectivity index (χ1n) is 7.48. The average Bonchev–Trinajstić information content (AvgIpc) is 2.26. The number of hydrogen-bond acceptors (Lipinski definition) is 2. The molecule has 0 fully saturated rings. The number of rotatable bonds is 11. The first-order valence-corrected chi connectivity index (χ1v) is 7.48. The zero-order valence-corrected chi connectivity index (χ0v) is 12.6. The standard InChI is InChI=1S/C16H30O2/c1-13(2)12-15(17)10-8-6-5-7-9-11-16(18)14(3)4/h13-14H,5-12H2,1-4H3. The molecule has 0 aromatic heterocycles. The van der Waals surface area contributed by atoms with E-state index < -0.39 is 0 Å². The van der Waals surface area contributed by atoms with Crippen molar-refractivity contribution in [2.75, 3.05) is 0 Å². The highest BCUT2D eigenvalue weighted by molar-refractivity contribution is 5.80. The molecule has 0 radical (unpaired) electrons. The van der Waals surface area contributed by atoms with Gasteiger partial charge in [-0.1, -0.05) is 47.0 Å². The van der Waals surface area contributed by atoms with Crippen LogP contribution in [0.1, 0.15) is 79.1 Å². The van der Waals surface area contributed by atoms with Crippen LogP contribution in [-0.2, 0) is 9.59 Å². The molecule has 0 rings (SSSR count). The Balaban J connectivity index is 3.31. The van der Waals surface area contributed by atoms with Gasteiger partial charge >= 0.3 is 0 Å². The van der Waals surface area contributed by atoms with Gasteiger partial charge in [-0.2, -0.15) is 0 Å². The van der Waals surface area contributed by atoms with Gasteiger partial charge in [-0.05, 0) is 18.8 Å². The van der Waals surface area contributed by atoms with Gasteiger partial charge in [-0.15, -0.1) is 0 Å². The summed E-state index contributed by atoms with van der Waals surface area (Å²) in [6.45, 7) is 8.10. The number of hydrogen-bond donors (Lipinski definition) is 0. The summed E-state index contributed by atoms with van der Waals surface area (Å²) in [7, 11) is 0. The number of carbonyl (C=O) groups is 2. The van der Waals surface area contributed by atoms with E-state index in [1.165, 1.54) is 0 Å². The molecule has 106 valence electrons. The van der Waals surface area contributed by atoms with Crippen LogP contribution < -0.4 is 0 Å². The molecule has 0 aromatic carbocycles. The molecule has 0 spiro atoms. The Morgan fingerprint density at radius 1 is 0.778 bits per heavy atom. The van der Waals surface area contributed by atoms with Crippen molar-refractivity contribution in [1.82, 2.24) is 0 Å². The van der Waals surface area contributed by atoms with E-state index >= 15 is 0 Å². The van der Waals surface area contributed by atoms with Gasteiger partial charge in [-0.25, -0.2) is 0 Å². The molecule has 0 bridgehead atoms. The Labute approximate surface area is 113 Å². The smallest absolute Gasteiger partial charge is 0.135 e. The number of carbonyl (C=O) groups excluding carboxylic acids is 2. The highest BCUT2D eigenvalue weighted by Gasteiger charge is 2.06. The van der Waals surface area contributed by atoms with Gasteiger partial charge in [0, 0.05) is 25.2 Å². The van der Waals surface area contributed by atoms with E-state index in [-0.39, 0.29) is 5.92 Å². The van der Waals surface area contributed by atoms with Crippen molar-refractivity contribution < 1.29 is 9.59 Å². The molecule has 0 heterocycles. The lowest BCUT2D eigenvalue weighted by molar-refractivity contribution is -0.122. The molecule has 2 nitrogen and oxygen atoms in total. The van der Waals surface area contributed by atoms with Crippen molar-refractivity contribution in [3.8, 4) is 0 Å². The largest absolute Gasteiger partial charge is 0.300 e. The second-order valence-electron chi connectivity index (χ2n) is 6.03. The predicted molar refractivity (Wildman–Crippen MR) is 76.6 cm³/mol. The van der Waals surface area contributed by atoms with Crippen molar-refractivity contribution in [2.24, 2.45) is 11.8 Å². The Morgan fingerprint density at radius 2 is 1.28 bits per heavy atom. The summed E-state index contributed by atoms with van der Waals surface area (Å²) in [5.41, 5.74) is 0. The third-order valence-electron chi connectivity index (χ3n) is 3.16. The van der Waals surface area contributed by atoms with Crippen LogP contribution in [0.15, 0.2) is 0 Å². The van der Waals surface area contributed by atoms with Gasteiger partial charge in [0.15, 0.2) is 0 Å².